The van der Waals surface area contributed by atoms with Crippen molar-refractivity contribution in [2.24, 2.45) is 5.92 Å². The summed E-state index contributed by atoms with van der Waals surface area (Å²) in [5.41, 5.74) is 2.73. The van der Waals surface area contributed by atoms with Crippen LogP contribution in [0.1, 0.15) is 43.9 Å². The van der Waals surface area contributed by atoms with Crippen molar-refractivity contribution in [3.63, 3.8) is 0 Å². The topological polar surface area (TPSA) is 21.3 Å². The van der Waals surface area contributed by atoms with Gasteiger partial charge in [-0.05, 0) is 36.9 Å². The highest BCUT2D eigenvalue weighted by Gasteiger charge is 2.16. The predicted octanol–water partition coefficient (Wildman–Crippen LogP) is 3.57. The molecule has 2 heteroatoms. The molecule has 1 N–H and O–H groups in total. The van der Waals surface area contributed by atoms with Gasteiger partial charge in [0.25, 0.3) is 0 Å². The number of hydrogen-bond acceptors (Lipinski definition) is 2. The van der Waals surface area contributed by atoms with E-state index < -0.39 is 0 Å². The molecule has 0 aliphatic carbocycles. The molecule has 0 saturated heterocycles. The number of benzene rings is 1. The van der Waals surface area contributed by atoms with Crippen molar-refractivity contribution in [3.05, 3.63) is 35.4 Å². The summed E-state index contributed by atoms with van der Waals surface area (Å²) in [6.07, 6.45) is 3.49. The van der Waals surface area contributed by atoms with Crippen LogP contribution in [0.5, 0.6) is 0 Å². The molecule has 0 fully saturated rings. The maximum Gasteiger partial charge on any atom is 0.0502 e. The Kier molecular flexibility index (Phi) is 6.99. The average molecular weight is 249 g/mol. The van der Waals surface area contributed by atoms with E-state index in [1.165, 1.54) is 24.0 Å². The van der Waals surface area contributed by atoms with Gasteiger partial charge in [-0.15, -0.1) is 0 Å². The van der Waals surface area contributed by atoms with E-state index in [0.29, 0.717) is 12.0 Å². The minimum atomic E-state index is 0.460. The molecule has 0 saturated carbocycles. The van der Waals surface area contributed by atoms with Crippen molar-refractivity contribution in [1.82, 2.24) is 5.32 Å². The minimum Gasteiger partial charge on any atom is -0.384 e. The largest absolute Gasteiger partial charge is 0.384 e. The molecule has 1 rings (SSSR count). The second-order valence-corrected chi connectivity index (χ2v) is 5.02. The summed E-state index contributed by atoms with van der Waals surface area (Å²) in [5.74, 6) is 0.671. The van der Waals surface area contributed by atoms with E-state index in [2.05, 4.69) is 50.5 Å². The van der Waals surface area contributed by atoms with Crippen LogP contribution in [0.4, 0.5) is 0 Å². The predicted molar refractivity (Wildman–Crippen MR) is 77.9 cm³/mol. The van der Waals surface area contributed by atoms with Crippen molar-refractivity contribution in [3.8, 4) is 0 Å². The number of nitrogens with one attached hydrogen (secondary N) is 1. The fraction of sp³-hybridized carbons (Fsp3) is 0.625. The summed E-state index contributed by atoms with van der Waals surface area (Å²) in [5, 5.41) is 3.44. The molecule has 1 aromatic carbocycles. The SMILES string of the molecule is CCCC(C)C(NC)c1ccc(CCOC)cc1. The van der Waals surface area contributed by atoms with Crippen LogP contribution in [-0.4, -0.2) is 20.8 Å². The summed E-state index contributed by atoms with van der Waals surface area (Å²) in [7, 11) is 3.80. The maximum atomic E-state index is 5.10. The standard InChI is InChI=1S/C16H27NO/c1-5-6-13(2)16(17-3)15-9-7-14(8-10-15)11-12-18-4/h7-10,13,16-17H,5-6,11-12H2,1-4H3. The third-order valence-electron chi connectivity index (χ3n) is 3.56. The summed E-state index contributed by atoms with van der Waals surface area (Å²) in [4.78, 5) is 0. The van der Waals surface area contributed by atoms with Gasteiger partial charge in [0.15, 0.2) is 0 Å². The molecule has 18 heavy (non-hydrogen) atoms. The Labute approximate surface area is 112 Å². The van der Waals surface area contributed by atoms with Crippen LogP contribution in [0.3, 0.4) is 0 Å². The Morgan fingerprint density at radius 2 is 1.89 bits per heavy atom. The van der Waals surface area contributed by atoms with Gasteiger partial charge in [-0.25, -0.2) is 0 Å². The molecule has 0 aliphatic rings. The Balaban J connectivity index is 2.69. The van der Waals surface area contributed by atoms with Gasteiger partial charge in [-0.3, -0.25) is 0 Å². The lowest BCUT2D eigenvalue weighted by atomic mass is 9.90. The van der Waals surface area contributed by atoms with E-state index in [1.807, 2.05) is 0 Å². The van der Waals surface area contributed by atoms with Crippen molar-refractivity contribution >= 4 is 0 Å². The number of rotatable bonds is 8. The minimum absolute atomic E-state index is 0.460. The van der Waals surface area contributed by atoms with Gasteiger partial charge in [0, 0.05) is 13.2 Å². The van der Waals surface area contributed by atoms with E-state index in [1.54, 1.807) is 7.11 Å². The van der Waals surface area contributed by atoms with E-state index in [4.69, 9.17) is 4.74 Å². The lowest BCUT2D eigenvalue weighted by Crippen LogP contribution is -2.23. The fourth-order valence-electron chi connectivity index (χ4n) is 2.51. The molecule has 2 unspecified atom stereocenters. The van der Waals surface area contributed by atoms with Gasteiger partial charge in [-0.2, -0.15) is 0 Å². The van der Waals surface area contributed by atoms with Crippen LogP contribution in [0.15, 0.2) is 24.3 Å². The highest BCUT2D eigenvalue weighted by atomic mass is 16.5. The van der Waals surface area contributed by atoms with Gasteiger partial charge < -0.3 is 10.1 Å². The van der Waals surface area contributed by atoms with E-state index in [9.17, 15) is 0 Å². The summed E-state index contributed by atoms with van der Waals surface area (Å²) in [6, 6.07) is 9.40. The molecule has 2 atom stereocenters. The maximum absolute atomic E-state index is 5.10. The van der Waals surface area contributed by atoms with Crippen molar-refractivity contribution in [2.45, 2.75) is 39.2 Å². The molecule has 102 valence electrons. The Hall–Kier alpha value is -0.860. The van der Waals surface area contributed by atoms with Gasteiger partial charge in [0.2, 0.25) is 0 Å². The van der Waals surface area contributed by atoms with E-state index in [-0.39, 0.29) is 0 Å². The molecule has 2 nitrogen and oxygen atoms in total. The molecule has 0 aliphatic heterocycles. The molecule has 0 amide bonds. The fourth-order valence-corrected chi connectivity index (χ4v) is 2.51. The normalized spacial score (nSPS) is 14.4. The van der Waals surface area contributed by atoms with Crippen LogP contribution < -0.4 is 5.32 Å². The van der Waals surface area contributed by atoms with Crippen molar-refractivity contribution in [1.29, 1.82) is 0 Å². The summed E-state index contributed by atoms with van der Waals surface area (Å²) >= 11 is 0. The zero-order valence-electron chi connectivity index (χ0n) is 12.2. The summed E-state index contributed by atoms with van der Waals surface area (Å²) in [6.45, 7) is 5.36. The first-order chi connectivity index (χ1) is 8.72. The lowest BCUT2D eigenvalue weighted by Gasteiger charge is -2.24. The van der Waals surface area contributed by atoms with Gasteiger partial charge in [-0.1, -0.05) is 44.5 Å². The first-order valence-electron chi connectivity index (χ1n) is 6.98. The van der Waals surface area contributed by atoms with Crippen LogP contribution >= 0.6 is 0 Å². The smallest absolute Gasteiger partial charge is 0.0502 e. The molecule has 0 radical (unpaired) electrons. The van der Waals surface area contributed by atoms with Crippen molar-refractivity contribution in [2.75, 3.05) is 20.8 Å². The first kappa shape index (κ1) is 15.2. The average Bonchev–Trinajstić information content (AvgIpc) is 2.39. The number of ether oxygens (including phenoxy) is 1. The third-order valence-corrected chi connectivity index (χ3v) is 3.56. The molecular formula is C16H27NO. The van der Waals surface area contributed by atoms with Crippen LogP contribution in [0, 0.1) is 5.92 Å². The molecule has 0 heterocycles. The molecule has 0 bridgehead atoms. The Bertz CT molecular complexity index is 320. The van der Waals surface area contributed by atoms with Crippen LogP contribution in [0.25, 0.3) is 0 Å². The van der Waals surface area contributed by atoms with E-state index in [0.717, 1.165) is 13.0 Å². The summed E-state index contributed by atoms with van der Waals surface area (Å²) < 4.78 is 5.10. The van der Waals surface area contributed by atoms with Gasteiger partial charge >= 0.3 is 0 Å². The van der Waals surface area contributed by atoms with Crippen LogP contribution in [0.2, 0.25) is 0 Å². The van der Waals surface area contributed by atoms with Crippen LogP contribution in [-0.2, 0) is 11.2 Å². The third kappa shape index (κ3) is 4.43. The van der Waals surface area contributed by atoms with Gasteiger partial charge in [0.1, 0.15) is 0 Å². The zero-order valence-corrected chi connectivity index (χ0v) is 12.2. The monoisotopic (exact) mass is 249 g/mol. The van der Waals surface area contributed by atoms with E-state index >= 15 is 0 Å². The van der Waals surface area contributed by atoms with Gasteiger partial charge in [0.05, 0.1) is 6.61 Å². The Morgan fingerprint density at radius 1 is 1.22 bits per heavy atom. The Morgan fingerprint density at radius 3 is 2.39 bits per heavy atom. The lowest BCUT2D eigenvalue weighted by molar-refractivity contribution is 0.202. The molecular weight excluding hydrogens is 222 g/mol. The number of hydrogen-bond donors (Lipinski definition) is 1. The number of methoxy groups -OCH3 is 1. The highest BCUT2D eigenvalue weighted by Crippen LogP contribution is 2.25. The second-order valence-electron chi connectivity index (χ2n) is 5.02. The molecule has 1 aromatic rings. The first-order valence-corrected chi connectivity index (χ1v) is 6.98. The zero-order chi connectivity index (χ0) is 13.4. The molecule has 0 spiro atoms. The highest BCUT2D eigenvalue weighted by molar-refractivity contribution is 5.25. The van der Waals surface area contributed by atoms with Crippen molar-refractivity contribution < 1.29 is 4.74 Å². The second kappa shape index (κ2) is 8.28. The quantitative estimate of drug-likeness (QED) is 0.760. The molecule has 0 aromatic heterocycles.